The number of hydrogen-bond donors (Lipinski definition) is 1. The fraction of sp³-hybridized carbons (Fsp3) is 0.321. The Bertz CT molecular complexity index is 1380. The predicted molar refractivity (Wildman–Crippen MR) is 129 cm³/mol. The van der Waals surface area contributed by atoms with Crippen LogP contribution in [0, 0.1) is 28.9 Å². The van der Waals surface area contributed by atoms with Gasteiger partial charge >= 0.3 is 6.09 Å². The molecule has 1 unspecified atom stereocenters. The van der Waals surface area contributed by atoms with E-state index in [-0.39, 0.29) is 30.0 Å². The van der Waals surface area contributed by atoms with Gasteiger partial charge in [0.1, 0.15) is 11.6 Å². The molecule has 3 aromatic rings. The summed E-state index contributed by atoms with van der Waals surface area (Å²) in [5, 5.41) is 20.3. The molecule has 6 nitrogen and oxygen atoms in total. The van der Waals surface area contributed by atoms with Crippen molar-refractivity contribution in [2.24, 2.45) is 5.92 Å². The fourth-order valence-corrected chi connectivity index (χ4v) is 5.93. The van der Waals surface area contributed by atoms with Crippen LogP contribution in [0.25, 0.3) is 10.8 Å². The SMILES string of the molecule is N#Cc1cc(CN2CCC(C3(c4ccc(F)cc4)CCN(C(=O)O)CC3)C2=O)c2cc(F)ccc2c1. The molecule has 1 atom stereocenters. The zero-order valence-corrected chi connectivity index (χ0v) is 19.6. The molecular formula is C28H25F2N3O3. The number of fused-ring (bicyclic) bond motifs is 1. The lowest BCUT2D eigenvalue weighted by Crippen LogP contribution is -2.50. The molecule has 2 heterocycles. The molecule has 0 spiro atoms. The van der Waals surface area contributed by atoms with Crippen molar-refractivity contribution < 1.29 is 23.5 Å². The number of piperidine rings is 1. The van der Waals surface area contributed by atoms with Crippen LogP contribution in [0.1, 0.15) is 36.0 Å². The summed E-state index contributed by atoms with van der Waals surface area (Å²) in [6.07, 6.45) is 0.520. The van der Waals surface area contributed by atoms with Crippen LogP contribution in [0.2, 0.25) is 0 Å². The van der Waals surface area contributed by atoms with E-state index in [1.54, 1.807) is 35.2 Å². The summed E-state index contributed by atoms with van der Waals surface area (Å²) in [7, 11) is 0. The highest BCUT2D eigenvalue weighted by Gasteiger charge is 2.50. The van der Waals surface area contributed by atoms with Gasteiger partial charge in [-0.1, -0.05) is 18.2 Å². The molecule has 2 amide bonds. The molecule has 5 rings (SSSR count). The van der Waals surface area contributed by atoms with Gasteiger partial charge in [-0.25, -0.2) is 13.6 Å². The van der Waals surface area contributed by atoms with Crippen LogP contribution in [0.4, 0.5) is 13.6 Å². The van der Waals surface area contributed by atoms with Crippen LogP contribution in [0.3, 0.4) is 0 Å². The predicted octanol–water partition coefficient (Wildman–Crippen LogP) is 5.05. The highest BCUT2D eigenvalue weighted by molar-refractivity contribution is 5.88. The third kappa shape index (κ3) is 4.15. The number of amides is 2. The van der Waals surface area contributed by atoms with E-state index in [1.165, 1.54) is 29.2 Å². The standard InChI is InChI=1S/C28H25F2N3O3/c29-22-5-2-21(3-6-22)28(8-11-32(12-9-28)27(35)36)25-7-10-33(26(25)34)17-20-14-18(16-31)13-19-1-4-23(30)15-24(19)20/h1-6,13-15,25H,7-12,17H2,(H,35,36). The van der Waals surface area contributed by atoms with Crippen molar-refractivity contribution in [1.29, 1.82) is 5.26 Å². The van der Waals surface area contributed by atoms with E-state index < -0.39 is 11.5 Å². The van der Waals surface area contributed by atoms with E-state index in [1.807, 2.05) is 0 Å². The van der Waals surface area contributed by atoms with E-state index in [2.05, 4.69) is 6.07 Å². The number of nitrogens with zero attached hydrogens (tertiary/aromatic N) is 3. The third-order valence-electron chi connectivity index (χ3n) is 7.80. The molecule has 36 heavy (non-hydrogen) atoms. The molecule has 0 saturated carbocycles. The van der Waals surface area contributed by atoms with Gasteiger partial charge in [0.15, 0.2) is 0 Å². The molecule has 2 fully saturated rings. The zero-order chi connectivity index (χ0) is 25.4. The van der Waals surface area contributed by atoms with Crippen molar-refractivity contribution in [1.82, 2.24) is 9.80 Å². The summed E-state index contributed by atoms with van der Waals surface area (Å²) < 4.78 is 27.7. The van der Waals surface area contributed by atoms with Gasteiger partial charge in [0.2, 0.25) is 5.91 Å². The second-order valence-electron chi connectivity index (χ2n) is 9.65. The number of benzene rings is 3. The monoisotopic (exact) mass is 489 g/mol. The summed E-state index contributed by atoms with van der Waals surface area (Å²) in [6.45, 7) is 1.32. The third-order valence-corrected chi connectivity index (χ3v) is 7.80. The Morgan fingerprint density at radius 2 is 1.72 bits per heavy atom. The van der Waals surface area contributed by atoms with Crippen LogP contribution >= 0.6 is 0 Å². The first-order chi connectivity index (χ1) is 17.3. The van der Waals surface area contributed by atoms with Crippen molar-refractivity contribution in [3.05, 3.63) is 82.9 Å². The maximum Gasteiger partial charge on any atom is 0.407 e. The van der Waals surface area contributed by atoms with E-state index in [0.717, 1.165) is 10.9 Å². The number of rotatable bonds is 4. The molecule has 1 N–H and O–H groups in total. The number of carbonyl (C=O) groups is 2. The summed E-state index contributed by atoms with van der Waals surface area (Å²) >= 11 is 0. The van der Waals surface area contributed by atoms with Crippen molar-refractivity contribution >= 4 is 22.8 Å². The molecule has 2 aliphatic rings. The Hall–Kier alpha value is -3.99. The quantitative estimate of drug-likeness (QED) is 0.556. The number of halogens is 2. The Morgan fingerprint density at radius 1 is 1.03 bits per heavy atom. The number of likely N-dealkylation sites (tertiary alicyclic amines) is 2. The number of carboxylic acid groups (broad SMARTS) is 1. The molecule has 184 valence electrons. The molecular weight excluding hydrogens is 464 g/mol. The molecule has 0 aliphatic carbocycles. The second-order valence-corrected chi connectivity index (χ2v) is 9.65. The van der Waals surface area contributed by atoms with Crippen LogP contribution in [0.5, 0.6) is 0 Å². The first-order valence-electron chi connectivity index (χ1n) is 12.0. The minimum absolute atomic E-state index is 0.0602. The average Bonchev–Trinajstić information content (AvgIpc) is 3.24. The van der Waals surface area contributed by atoms with Crippen molar-refractivity contribution in [2.75, 3.05) is 19.6 Å². The summed E-state index contributed by atoms with van der Waals surface area (Å²) in [5.41, 5.74) is 1.38. The first kappa shape index (κ1) is 23.7. The van der Waals surface area contributed by atoms with Gasteiger partial charge in [-0.15, -0.1) is 0 Å². The highest BCUT2D eigenvalue weighted by atomic mass is 19.1. The zero-order valence-electron chi connectivity index (χ0n) is 19.6. The average molecular weight is 490 g/mol. The highest BCUT2D eigenvalue weighted by Crippen LogP contribution is 2.46. The smallest absolute Gasteiger partial charge is 0.407 e. The Labute approximate surface area is 207 Å². The molecule has 2 saturated heterocycles. The molecule has 3 aromatic carbocycles. The number of hydrogen-bond acceptors (Lipinski definition) is 3. The number of nitriles is 1. The van der Waals surface area contributed by atoms with Crippen molar-refractivity contribution in [2.45, 2.75) is 31.2 Å². The van der Waals surface area contributed by atoms with Gasteiger partial charge in [0.05, 0.1) is 11.6 Å². The lowest BCUT2D eigenvalue weighted by molar-refractivity contribution is -0.134. The fourth-order valence-electron chi connectivity index (χ4n) is 5.93. The topological polar surface area (TPSA) is 84.6 Å². The van der Waals surface area contributed by atoms with Gasteiger partial charge < -0.3 is 14.9 Å². The van der Waals surface area contributed by atoms with E-state index in [9.17, 15) is 28.7 Å². The first-order valence-corrected chi connectivity index (χ1v) is 12.0. The normalized spacial score (nSPS) is 19.5. The summed E-state index contributed by atoms with van der Waals surface area (Å²) in [4.78, 5) is 28.4. The van der Waals surface area contributed by atoms with E-state index in [0.29, 0.717) is 55.4 Å². The molecule has 0 aromatic heterocycles. The van der Waals surface area contributed by atoms with E-state index in [4.69, 9.17) is 0 Å². The van der Waals surface area contributed by atoms with Crippen LogP contribution in [0.15, 0.2) is 54.6 Å². The Kier molecular flexibility index (Phi) is 6.09. The lowest BCUT2D eigenvalue weighted by Gasteiger charge is -2.44. The maximum atomic E-state index is 14.0. The molecule has 0 bridgehead atoms. The van der Waals surface area contributed by atoms with Gasteiger partial charge in [0, 0.05) is 37.5 Å². The van der Waals surface area contributed by atoms with Gasteiger partial charge in [-0.3, -0.25) is 4.79 Å². The van der Waals surface area contributed by atoms with Crippen molar-refractivity contribution in [3.63, 3.8) is 0 Å². The lowest BCUT2D eigenvalue weighted by atomic mass is 9.64. The Morgan fingerprint density at radius 3 is 2.39 bits per heavy atom. The largest absolute Gasteiger partial charge is 0.465 e. The van der Waals surface area contributed by atoms with Gasteiger partial charge in [-0.2, -0.15) is 5.26 Å². The summed E-state index contributed by atoms with van der Waals surface area (Å²) in [6, 6.07) is 16.1. The number of carbonyl (C=O) groups excluding carboxylic acids is 1. The summed E-state index contributed by atoms with van der Waals surface area (Å²) in [5.74, 6) is -1.21. The maximum absolute atomic E-state index is 14.0. The van der Waals surface area contributed by atoms with Crippen LogP contribution in [-0.2, 0) is 16.8 Å². The van der Waals surface area contributed by atoms with E-state index >= 15 is 0 Å². The second kappa shape index (κ2) is 9.23. The van der Waals surface area contributed by atoms with Gasteiger partial charge in [-0.05, 0) is 77.6 Å². The molecule has 2 aliphatic heterocycles. The van der Waals surface area contributed by atoms with Crippen molar-refractivity contribution in [3.8, 4) is 6.07 Å². The van der Waals surface area contributed by atoms with Crippen LogP contribution < -0.4 is 0 Å². The molecule has 8 heteroatoms. The van der Waals surface area contributed by atoms with Gasteiger partial charge in [0.25, 0.3) is 0 Å². The minimum Gasteiger partial charge on any atom is -0.465 e. The minimum atomic E-state index is -0.987. The Balaban J connectivity index is 1.47. The van der Waals surface area contributed by atoms with Crippen LogP contribution in [-0.4, -0.2) is 46.5 Å². The molecule has 0 radical (unpaired) electrons.